The number of rotatable bonds is 6. The molecular formula is C30H34N2O3. The second-order valence-electron chi connectivity index (χ2n) is 10.3. The number of aliphatic hydroxyl groups is 1. The minimum atomic E-state index is -1.00. The van der Waals surface area contributed by atoms with E-state index in [4.69, 9.17) is 0 Å². The number of amides is 1. The molecule has 35 heavy (non-hydrogen) atoms. The number of hydrogen-bond acceptors (Lipinski definition) is 3. The lowest BCUT2D eigenvalue weighted by Gasteiger charge is -2.52. The van der Waals surface area contributed by atoms with Gasteiger partial charge in [0.25, 0.3) is 5.56 Å². The topological polar surface area (TPSA) is 62.5 Å². The van der Waals surface area contributed by atoms with Crippen LogP contribution in [-0.4, -0.2) is 39.2 Å². The van der Waals surface area contributed by atoms with E-state index in [0.717, 1.165) is 43.2 Å². The molecule has 3 aromatic rings. The maximum absolute atomic E-state index is 13.1. The standard InChI is InChI=1S/C30H34N2O3/c33-27(14-13-24-9-3-1-4-10-24)32-20-18-30(35,29(22-32)16-7-8-17-29)23-31-19-15-26(21-28(31)34)25-11-5-2-6-12-25/h1-6,9-12,15,19,21,35H,7-8,13-14,16-18,20,22-23H2. The first-order valence-corrected chi connectivity index (χ1v) is 12.8. The Morgan fingerprint density at radius 2 is 1.57 bits per heavy atom. The van der Waals surface area contributed by atoms with E-state index in [1.165, 1.54) is 5.56 Å². The molecule has 1 spiro atoms. The summed E-state index contributed by atoms with van der Waals surface area (Å²) >= 11 is 0. The quantitative estimate of drug-likeness (QED) is 0.569. The summed E-state index contributed by atoms with van der Waals surface area (Å²) in [4.78, 5) is 28.1. The summed E-state index contributed by atoms with van der Waals surface area (Å²) in [5.41, 5.74) is 1.60. The van der Waals surface area contributed by atoms with Crippen molar-refractivity contribution in [1.82, 2.24) is 9.47 Å². The Hall–Kier alpha value is -3.18. The molecule has 1 saturated carbocycles. The Morgan fingerprint density at radius 1 is 0.886 bits per heavy atom. The van der Waals surface area contributed by atoms with E-state index in [9.17, 15) is 14.7 Å². The highest BCUT2D eigenvalue weighted by Crippen LogP contribution is 2.51. The zero-order valence-corrected chi connectivity index (χ0v) is 20.2. The summed E-state index contributed by atoms with van der Waals surface area (Å²) in [7, 11) is 0. The van der Waals surface area contributed by atoms with Gasteiger partial charge in [0.1, 0.15) is 0 Å². The molecule has 1 atom stereocenters. The molecule has 2 aromatic carbocycles. The number of benzene rings is 2. The van der Waals surface area contributed by atoms with Gasteiger partial charge in [0.2, 0.25) is 5.91 Å². The fraction of sp³-hybridized carbons (Fsp3) is 0.400. The predicted octanol–water partition coefficient (Wildman–Crippen LogP) is 4.67. The molecule has 1 amide bonds. The molecule has 182 valence electrons. The number of nitrogens with zero attached hydrogens (tertiary/aromatic N) is 2. The van der Waals surface area contributed by atoms with Crippen molar-refractivity contribution in [3.63, 3.8) is 0 Å². The van der Waals surface area contributed by atoms with Crippen LogP contribution in [0.5, 0.6) is 0 Å². The first kappa shape index (κ1) is 23.6. The lowest BCUT2D eigenvalue weighted by molar-refractivity contribution is -0.160. The van der Waals surface area contributed by atoms with E-state index < -0.39 is 5.60 Å². The van der Waals surface area contributed by atoms with Crippen LogP contribution in [0.3, 0.4) is 0 Å². The predicted molar refractivity (Wildman–Crippen MR) is 138 cm³/mol. The van der Waals surface area contributed by atoms with Crippen molar-refractivity contribution in [3.05, 3.63) is 94.9 Å². The number of likely N-dealkylation sites (tertiary alicyclic amines) is 1. The van der Waals surface area contributed by atoms with Crippen LogP contribution in [-0.2, 0) is 17.8 Å². The molecule has 5 nitrogen and oxygen atoms in total. The second kappa shape index (κ2) is 9.82. The number of hydrogen-bond donors (Lipinski definition) is 1. The number of carbonyl (C=O) groups is 1. The molecule has 1 aliphatic carbocycles. The second-order valence-corrected chi connectivity index (χ2v) is 10.3. The maximum atomic E-state index is 13.1. The van der Waals surface area contributed by atoms with Crippen LogP contribution in [0.4, 0.5) is 0 Å². The monoisotopic (exact) mass is 470 g/mol. The van der Waals surface area contributed by atoms with Crippen molar-refractivity contribution < 1.29 is 9.90 Å². The summed E-state index contributed by atoms with van der Waals surface area (Å²) in [5.74, 6) is 0.159. The van der Waals surface area contributed by atoms with Crippen LogP contribution in [0.25, 0.3) is 11.1 Å². The average Bonchev–Trinajstić information content (AvgIpc) is 3.37. The molecule has 1 aromatic heterocycles. The lowest BCUT2D eigenvalue weighted by Crippen LogP contribution is -2.62. The fourth-order valence-corrected chi connectivity index (χ4v) is 6.10. The van der Waals surface area contributed by atoms with Crippen LogP contribution >= 0.6 is 0 Å². The molecule has 1 aliphatic heterocycles. The van der Waals surface area contributed by atoms with Gasteiger partial charge in [-0.05, 0) is 48.4 Å². The van der Waals surface area contributed by atoms with E-state index >= 15 is 0 Å². The molecule has 1 saturated heterocycles. The van der Waals surface area contributed by atoms with E-state index in [-0.39, 0.29) is 23.4 Å². The Bertz CT molecular complexity index is 1220. The third-order valence-electron chi connectivity index (χ3n) is 8.19. The zero-order chi connectivity index (χ0) is 24.3. The van der Waals surface area contributed by atoms with Crippen LogP contribution in [0, 0.1) is 5.41 Å². The fourth-order valence-electron chi connectivity index (χ4n) is 6.10. The number of carbonyl (C=O) groups excluding carboxylic acids is 1. The normalized spacial score (nSPS) is 21.3. The Labute approximate surface area is 207 Å². The largest absolute Gasteiger partial charge is 0.387 e. The van der Waals surface area contributed by atoms with Gasteiger partial charge in [0, 0.05) is 37.2 Å². The summed E-state index contributed by atoms with van der Waals surface area (Å²) in [6.07, 6.45) is 7.41. The summed E-state index contributed by atoms with van der Waals surface area (Å²) in [6, 6.07) is 23.6. The van der Waals surface area contributed by atoms with Gasteiger partial charge in [0.15, 0.2) is 0 Å². The van der Waals surface area contributed by atoms with Crippen LogP contribution in [0.2, 0.25) is 0 Å². The van der Waals surface area contributed by atoms with Crippen molar-refractivity contribution in [2.24, 2.45) is 5.41 Å². The maximum Gasteiger partial charge on any atom is 0.251 e. The van der Waals surface area contributed by atoms with E-state index in [0.29, 0.717) is 25.9 Å². The summed E-state index contributed by atoms with van der Waals surface area (Å²) < 4.78 is 1.65. The highest BCUT2D eigenvalue weighted by molar-refractivity contribution is 5.76. The number of aromatic nitrogens is 1. The van der Waals surface area contributed by atoms with Gasteiger partial charge >= 0.3 is 0 Å². The molecule has 5 heteroatoms. The molecular weight excluding hydrogens is 436 g/mol. The van der Waals surface area contributed by atoms with Gasteiger partial charge in [0.05, 0.1) is 12.1 Å². The molecule has 1 N–H and O–H groups in total. The Kier molecular flexibility index (Phi) is 6.61. The van der Waals surface area contributed by atoms with Crippen molar-refractivity contribution in [3.8, 4) is 11.1 Å². The molecule has 5 rings (SSSR count). The highest BCUT2D eigenvalue weighted by Gasteiger charge is 2.55. The SMILES string of the molecule is O=C(CCc1ccccc1)N1CCC(O)(Cn2ccc(-c3ccccc3)cc2=O)C2(CCCC2)C1. The summed E-state index contributed by atoms with van der Waals surface area (Å²) in [5, 5.41) is 12.0. The highest BCUT2D eigenvalue weighted by atomic mass is 16.3. The third kappa shape index (κ3) is 4.83. The van der Waals surface area contributed by atoms with Gasteiger partial charge in [-0.1, -0.05) is 73.5 Å². The number of pyridine rings is 1. The molecule has 0 radical (unpaired) electrons. The van der Waals surface area contributed by atoms with Crippen molar-refractivity contribution in [2.75, 3.05) is 13.1 Å². The first-order valence-electron chi connectivity index (χ1n) is 12.8. The number of aryl methyl sites for hydroxylation is 1. The minimum absolute atomic E-state index is 0.103. The Morgan fingerprint density at radius 3 is 2.26 bits per heavy atom. The first-order chi connectivity index (χ1) is 17.0. The van der Waals surface area contributed by atoms with E-state index in [1.54, 1.807) is 10.6 Å². The molecule has 1 unspecified atom stereocenters. The van der Waals surface area contributed by atoms with Gasteiger partial charge in [-0.25, -0.2) is 0 Å². The Balaban J connectivity index is 1.31. The number of piperidine rings is 1. The van der Waals surface area contributed by atoms with Gasteiger partial charge in [-0.15, -0.1) is 0 Å². The van der Waals surface area contributed by atoms with Crippen molar-refractivity contribution in [2.45, 2.75) is 57.1 Å². The zero-order valence-electron chi connectivity index (χ0n) is 20.2. The lowest BCUT2D eigenvalue weighted by atomic mass is 9.65. The third-order valence-corrected chi connectivity index (χ3v) is 8.19. The van der Waals surface area contributed by atoms with Crippen LogP contribution < -0.4 is 5.56 Å². The van der Waals surface area contributed by atoms with Crippen molar-refractivity contribution in [1.29, 1.82) is 0 Å². The van der Waals surface area contributed by atoms with Crippen LogP contribution in [0.15, 0.2) is 83.8 Å². The molecule has 2 aliphatic rings. The van der Waals surface area contributed by atoms with E-state index in [1.807, 2.05) is 65.7 Å². The van der Waals surface area contributed by atoms with Gasteiger partial charge in [-0.3, -0.25) is 9.59 Å². The van der Waals surface area contributed by atoms with E-state index in [2.05, 4.69) is 12.1 Å². The molecule has 0 bridgehead atoms. The van der Waals surface area contributed by atoms with Gasteiger partial charge in [-0.2, -0.15) is 0 Å². The summed E-state index contributed by atoms with van der Waals surface area (Å²) in [6.45, 7) is 1.38. The molecule has 2 heterocycles. The van der Waals surface area contributed by atoms with Gasteiger partial charge < -0.3 is 14.6 Å². The minimum Gasteiger partial charge on any atom is -0.387 e. The molecule has 2 fully saturated rings. The average molecular weight is 471 g/mol. The van der Waals surface area contributed by atoms with Crippen molar-refractivity contribution >= 4 is 5.91 Å². The smallest absolute Gasteiger partial charge is 0.251 e. The van der Waals surface area contributed by atoms with Crippen LogP contribution in [0.1, 0.15) is 44.1 Å².